The molecule has 0 aromatic rings. The zero-order valence-corrected chi connectivity index (χ0v) is 14.5. The minimum absolute atomic E-state index is 0.0870. The van der Waals surface area contributed by atoms with E-state index in [0.29, 0.717) is 29.2 Å². The Morgan fingerprint density at radius 2 is 1.77 bits per heavy atom. The molecule has 0 aromatic heterocycles. The van der Waals surface area contributed by atoms with Crippen molar-refractivity contribution in [1.82, 2.24) is 0 Å². The van der Waals surface area contributed by atoms with Gasteiger partial charge < -0.3 is 5.11 Å². The van der Waals surface area contributed by atoms with Crippen molar-refractivity contribution in [2.45, 2.75) is 71.3 Å². The molecule has 3 heteroatoms. The molecular weight excluding hydrogens is 296 g/mol. The predicted molar refractivity (Wildman–Crippen MR) is 87.5 cm³/mol. The number of carbonyl (C=O) groups excluding carboxylic acids is 1. The molecule has 0 aliphatic heterocycles. The second kappa shape index (κ2) is 4.83. The highest BCUT2D eigenvalue weighted by molar-refractivity contribution is 6.43. The monoisotopic (exact) mass is 322 g/mol. The molecule has 0 bridgehead atoms. The molecule has 2 nitrogen and oxygen atoms in total. The van der Waals surface area contributed by atoms with Crippen LogP contribution in [0.5, 0.6) is 0 Å². The van der Waals surface area contributed by atoms with Gasteiger partial charge in [0.2, 0.25) is 0 Å². The molecule has 1 N–H and O–H groups in total. The van der Waals surface area contributed by atoms with Crippen LogP contribution < -0.4 is 0 Å². The molecule has 22 heavy (non-hydrogen) atoms. The molecule has 0 unspecified atom stereocenters. The van der Waals surface area contributed by atoms with Gasteiger partial charge in [0, 0.05) is 6.42 Å². The summed E-state index contributed by atoms with van der Waals surface area (Å²) in [5, 5.41) is 11.1. The first-order valence-corrected chi connectivity index (χ1v) is 9.36. The summed E-state index contributed by atoms with van der Waals surface area (Å²) in [4.78, 5) is 11.9. The Balaban J connectivity index is 1.71. The number of carbonyl (C=O) groups is 1. The molecule has 0 spiro atoms. The average molecular weight is 323 g/mol. The summed E-state index contributed by atoms with van der Waals surface area (Å²) in [6.45, 7) is 4.76. The third-order valence-corrected chi connectivity index (χ3v) is 8.66. The van der Waals surface area contributed by atoms with Gasteiger partial charge in [0.15, 0.2) is 5.78 Å². The predicted octanol–water partition coefficient (Wildman–Crippen LogP) is 4.45. The van der Waals surface area contributed by atoms with Crippen molar-refractivity contribution in [1.29, 1.82) is 0 Å². The van der Waals surface area contributed by atoms with E-state index < -0.39 is 0 Å². The fourth-order valence-electron chi connectivity index (χ4n) is 6.63. The lowest BCUT2D eigenvalue weighted by Gasteiger charge is -2.59. The van der Waals surface area contributed by atoms with Crippen LogP contribution in [-0.4, -0.2) is 17.0 Å². The van der Waals surface area contributed by atoms with E-state index in [1.165, 1.54) is 12.0 Å². The second-order valence-corrected chi connectivity index (χ2v) is 9.02. The molecule has 0 amide bonds. The SMILES string of the molecule is C[C@@]12CC[C@H](O)[C@@]1(C)CC[C@H]1[C@H]2CCC2=C(Cl)C(=O)CC[C@@H]21. The molecule has 0 radical (unpaired) electrons. The van der Waals surface area contributed by atoms with E-state index in [1.54, 1.807) is 0 Å². The van der Waals surface area contributed by atoms with E-state index in [2.05, 4.69) is 13.8 Å². The zero-order valence-electron chi connectivity index (χ0n) is 13.7. The van der Waals surface area contributed by atoms with Crippen molar-refractivity contribution >= 4 is 17.4 Å². The van der Waals surface area contributed by atoms with Gasteiger partial charge in [-0.2, -0.15) is 0 Å². The Morgan fingerprint density at radius 1 is 1.05 bits per heavy atom. The third-order valence-electron chi connectivity index (χ3n) is 8.21. The van der Waals surface area contributed by atoms with Crippen molar-refractivity contribution in [3.63, 3.8) is 0 Å². The van der Waals surface area contributed by atoms with Crippen LogP contribution in [-0.2, 0) is 4.79 Å². The lowest BCUT2D eigenvalue weighted by molar-refractivity contribution is -0.121. The Morgan fingerprint density at radius 3 is 2.55 bits per heavy atom. The van der Waals surface area contributed by atoms with Gasteiger partial charge in [0.1, 0.15) is 0 Å². The summed E-state index contributed by atoms with van der Waals surface area (Å²) in [7, 11) is 0. The van der Waals surface area contributed by atoms with Crippen molar-refractivity contribution in [2.75, 3.05) is 0 Å². The van der Waals surface area contributed by atoms with Crippen LogP contribution in [0.25, 0.3) is 0 Å². The van der Waals surface area contributed by atoms with Crippen LogP contribution in [0.2, 0.25) is 0 Å². The van der Waals surface area contributed by atoms with E-state index in [0.717, 1.165) is 38.5 Å². The summed E-state index contributed by atoms with van der Waals surface area (Å²) < 4.78 is 0. The third kappa shape index (κ3) is 1.74. The van der Waals surface area contributed by atoms with Crippen molar-refractivity contribution in [3.8, 4) is 0 Å². The molecule has 3 fully saturated rings. The fraction of sp³-hybridized carbons (Fsp3) is 0.842. The van der Waals surface area contributed by atoms with E-state index in [-0.39, 0.29) is 22.7 Å². The van der Waals surface area contributed by atoms with Gasteiger partial charge in [0.05, 0.1) is 11.1 Å². The Bertz CT molecular complexity index is 554. The van der Waals surface area contributed by atoms with Crippen LogP contribution in [0, 0.1) is 28.6 Å². The molecule has 3 saturated carbocycles. The van der Waals surface area contributed by atoms with Gasteiger partial charge in [-0.1, -0.05) is 25.4 Å². The molecule has 4 aliphatic rings. The minimum Gasteiger partial charge on any atom is -0.393 e. The number of hydrogen-bond acceptors (Lipinski definition) is 2. The largest absolute Gasteiger partial charge is 0.393 e. The van der Waals surface area contributed by atoms with E-state index in [4.69, 9.17) is 11.6 Å². The van der Waals surface area contributed by atoms with Gasteiger partial charge in [-0.05, 0) is 79.1 Å². The second-order valence-electron chi connectivity index (χ2n) is 8.64. The topological polar surface area (TPSA) is 37.3 Å². The summed E-state index contributed by atoms with van der Waals surface area (Å²) in [5.41, 5.74) is 1.61. The summed E-state index contributed by atoms with van der Waals surface area (Å²) in [6.07, 6.45) is 8.09. The van der Waals surface area contributed by atoms with Crippen LogP contribution >= 0.6 is 11.6 Å². The highest BCUT2D eigenvalue weighted by Gasteiger charge is 2.62. The maximum absolute atomic E-state index is 11.9. The molecule has 122 valence electrons. The molecule has 6 atom stereocenters. The van der Waals surface area contributed by atoms with Crippen molar-refractivity contribution < 1.29 is 9.90 Å². The maximum atomic E-state index is 11.9. The normalized spacial score (nSPS) is 51.4. The van der Waals surface area contributed by atoms with Crippen LogP contribution in [0.15, 0.2) is 10.6 Å². The number of halogens is 1. The van der Waals surface area contributed by atoms with Crippen LogP contribution in [0.1, 0.15) is 65.2 Å². The maximum Gasteiger partial charge on any atom is 0.174 e. The van der Waals surface area contributed by atoms with Crippen molar-refractivity contribution in [3.05, 3.63) is 10.6 Å². The standard InChI is InChI=1S/C19H27ClO2/c1-18-10-8-16(22)19(18,2)9-7-12-11-4-6-15(21)17(20)13(11)3-5-14(12)18/h11-12,14,16,22H,3-10H2,1-2H3/t11-,12-,14-,16+,18+,19-/m1/s1. The summed E-state index contributed by atoms with van der Waals surface area (Å²) in [5.74, 6) is 2.06. The van der Waals surface area contributed by atoms with E-state index in [9.17, 15) is 9.90 Å². The summed E-state index contributed by atoms with van der Waals surface area (Å²) in [6, 6.07) is 0. The van der Waals surface area contributed by atoms with Crippen LogP contribution in [0.3, 0.4) is 0 Å². The fourth-order valence-corrected chi connectivity index (χ4v) is 6.96. The molecule has 4 rings (SSSR count). The molecule has 4 aliphatic carbocycles. The number of ketones is 1. The van der Waals surface area contributed by atoms with Crippen molar-refractivity contribution in [2.24, 2.45) is 28.6 Å². The lowest BCUT2D eigenvalue weighted by atomic mass is 9.46. The number of aliphatic hydroxyl groups excluding tert-OH is 1. The van der Waals surface area contributed by atoms with Crippen LogP contribution in [0.4, 0.5) is 0 Å². The first-order valence-electron chi connectivity index (χ1n) is 8.98. The quantitative estimate of drug-likeness (QED) is 0.715. The molecule has 0 heterocycles. The summed E-state index contributed by atoms with van der Waals surface area (Å²) >= 11 is 6.36. The number of rotatable bonds is 0. The molecular formula is C19H27ClO2. The Hall–Kier alpha value is -0.340. The van der Waals surface area contributed by atoms with Gasteiger partial charge >= 0.3 is 0 Å². The van der Waals surface area contributed by atoms with Gasteiger partial charge in [0.25, 0.3) is 0 Å². The van der Waals surface area contributed by atoms with E-state index in [1.807, 2.05) is 0 Å². The zero-order chi connectivity index (χ0) is 15.7. The van der Waals surface area contributed by atoms with Gasteiger partial charge in [-0.25, -0.2) is 0 Å². The number of hydrogen-bond donors (Lipinski definition) is 1. The van der Waals surface area contributed by atoms with Gasteiger partial charge in [-0.3, -0.25) is 4.79 Å². The highest BCUT2D eigenvalue weighted by atomic mass is 35.5. The smallest absolute Gasteiger partial charge is 0.174 e. The lowest BCUT2D eigenvalue weighted by Crippen LogP contribution is -2.53. The number of allylic oxidation sites excluding steroid dienone is 1. The average Bonchev–Trinajstić information content (AvgIpc) is 2.75. The Labute approximate surface area is 138 Å². The molecule has 0 aromatic carbocycles. The first-order chi connectivity index (χ1) is 10.4. The number of Topliss-reactive ketones (excluding diaryl/α,β-unsaturated/α-hetero) is 1. The first kappa shape index (κ1) is 15.2. The Kier molecular flexibility index (Phi) is 3.34. The van der Waals surface area contributed by atoms with E-state index >= 15 is 0 Å². The number of fused-ring (bicyclic) bond motifs is 5. The number of aliphatic hydroxyl groups is 1. The van der Waals surface area contributed by atoms with Gasteiger partial charge in [-0.15, -0.1) is 0 Å². The molecule has 0 saturated heterocycles. The highest BCUT2D eigenvalue weighted by Crippen LogP contribution is 2.68. The minimum atomic E-state index is -0.132.